The van der Waals surface area contributed by atoms with Gasteiger partial charge in [-0.15, -0.1) is 22.7 Å². The molecule has 74 valence electrons. The molecule has 2 aromatic rings. The molecule has 0 bridgehead atoms. The molecule has 0 aliphatic heterocycles. The predicted molar refractivity (Wildman–Crippen MR) is 62.6 cm³/mol. The van der Waals surface area contributed by atoms with Crippen molar-refractivity contribution in [3.63, 3.8) is 0 Å². The molecule has 0 saturated heterocycles. The van der Waals surface area contributed by atoms with Crippen LogP contribution in [0.15, 0.2) is 23.7 Å². The standard InChI is InChI=1S/C10H12N2S2/c1-10(2,11)8-6-12-9(14-8)7-4-3-5-13-7/h3-6H,11H2,1-2H3. The van der Waals surface area contributed by atoms with Crippen LogP contribution in [0.4, 0.5) is 0 Å². The zero-order valence-electron chi connectivity index (χ0n) is 8.15. The summed E-state index contributed by atoms with van der Waals surface area (Å²) in [6.45, 7) is 4.00. The number of aromatic nitrogens is 1. The number of nitrogens with two attached hydrogens (primary N) is 1. The summed E-state index contributed by atoms with van der Waals surface area (Å²) >= 11 is 3.38. The summed E-state index contributed by atoms with van der Waals surface area (Å²) in [6.07, 6.45) is 1.87. The largest absolute Gasteiger partial charge is 0.321 e. The fraction of sp³-hybridized carbons (Fsp3) is 0.300. The van der Waals surface area contributed by atoms with Gasteiger partial charge in [-0.25, -0.2) is 4.98 Å². The molecule has 0 radical (unpaired) electrons. The zero-order chi connectivity index (χ0) is 10.2. The van der Waals surface area contributed by atoms with Gasteiger partial charge in [0.05, 0.1) is 4.88 Å². The van der Waals surface area contributed by atoms with Crippen molar-refractivity contribution in [2.24, 2.45) is 5.73 Å². The lowest BCUT2D eigenvalue weighted by Crippen LogP contribution is -2.27. The Labute approximate surface area is 91.4 Å². The summed E-state index contributed by atoms with van der Waals surface area (Å²) in [6, 6.07) is 4.12. The fourth-order valence-corrected chi connectivity index (χ4v) is 2.82. The Morgan fingerprint density at radius 3 is 2.71 bits per heavy atom. The summed E-state index contributed by atoms with van der Waals surface area (Å²) in [5.41, 5.74) is 5.71. The van der Waals surface area contributed by atoms with E-state index < -0.39 is 0 Å². The van der Waals surface area contributed by atoms with Crippen molar-refractivity contribution in [2.75, 3.05) is 0 Å². The second-order valence-corrected chi connectivity index (χ2v) is 5.71. The SMILES string of the molecule is CC(C)(N)c1cnc(-c2cccs2)s1. The minimum Gasteiger partial charge on any atom is -0.321 e. The third kappa shape index (κ3) is 1.87. The van der Waals surface area contributed by atoms with E-state index >= 15 is 0 Å². The van der Waals surface area contributed by atoms with Gasteiger partial charge in [0.25, 0.3) is 0 Å². The van der Waals surface area contributed by atoms with E-state index in [4.69, 9.17) is 5.73 Å². The first-order chi connectivity index (χ1) is 6.57. The average Bonchev–Trinajstić information content (AvgIpc) is 2.73. The van der Waals surface area contributed by atoms with E-state index in [1.54, 1.807) is 22.7 Å². The second-order valence-electron chi connectivity index (χ2n) is 3.73. The third-order valence-electron chi connectivity index (χ3n) is 1.87. The van der Waals surface area contributed by atoms with E-state index in [1.165, 1.54) is 4.88 Å². The Bertz CT molecular complexity index is 410. The number of thiophene rings is 1. The molecule has 0 aliphatic carbocycles. The van der Waals surface area contributed by atoms with Crippen LogP contribution in [0.3, 0.4) is 0 Å². The number of nitrogens with zero attached hydrogens (tertiary/aromatic N) is 1. The molecule has 0 fully saturated rings. The molecule has 2 heterocycles. The van der Waals surface area contributed by atoms with Crippen molar-refractivity contribution in [2.45, 2.75) is 19.4 Å². The van der Waals surface area contributed by atoms with Gasteiger partial charge >= 0.3 is 0 Å². The lowest BCUT2D eigenvalue weighted by atomic mass is 10.1. The summed E-state index contributed by atoms with van der Waals surface area (Å²) in [5.74, 6) is 0. The van der Waals surface area contributed by atoms with Gasteiger partial charge in [0.2, 0.25) is 0 Å². The molecule has 2 nitrogen and oxygen atoms in total. The van der Waals surface area contributed by atoms with Gasteiger partial charge in [-0.1, -0.05) is 6.07 Å². The van der Waals surface area contributed by atoms with Crippen molar-refractivity contribution in [3.8, 4) is 9.88 Å². The van der Waals surface area contributed by atoms with E-state index in [9.17, 15) is 0 Å². The zero-order valence-corrected chi connectivity index (χ0v) is 9.78. The molecule has 0 unspecified atom stereocenters. The molecule has 0 spiro atoms. The van der Waals surface area contributed by atoms with Crippen molar-refractivity contribution in [1.82, 2.24) is 4.98 Å². The Kier molecular flexibility index (Phi) is 2.43. The molecule has 2 aromatic heterocycles. The highest BCUT2D eigenvalue weighted by molar-refractivity contribution is 7.21. The number of thiazole rings is 1. The quantitative estimate of drug-likeness (QED) is 0.851. The summed E-state index contributed by atoms with van der Waals surface area (Å²) in [4.78, 5) is 6.71. The van der Waals surface area contributed by atoms with Gasteiger partial charge in [-0.2, -0.15) is 0 Å². The molecule has 14 heavy (non-hydrogen) atoms. The Hall–Kier alpha value is -0.710. The highest BCUT2D eigenvalue weighted by Gasteiger charge is 2.18. The van der Waals surface area contributed by atoms with Crippen LogP contribution in [0, 0.1) is 0 Å². The van der Waals surface area contributed by atoms with Crippen LogP contribution in [0.25, 0.3) is 9.88 Å². The van der Waals surface area contributed by atoms with E-state index in [2.05, 4.69) is 16.4 Å². The maximum atomic E-state index is 6.00. The van der Waals surface area contributed by atoms with Crippen molar-refractivity contribution >= 4 is 22.7 Å². The molecule has 0 aromatic carbocycles. The topological polar surface area (TPSA) is 38.9 Å². The van der Waals surface area contributed by atoms with Gasteiger partial charge in [0, 0.05) is 16.6 Å². The van der Waals surface area contributed by atoms with Gasteiger partial charge < -0.3 is 5.73 Å². The van der Waals surface area contributed by atoms with Gasteiger partial charge in [0.1, 0.15) is 5.01 Å². The first kappa shape index (κ1) is 9.83. The van der Waals surface area contributed by atoms with Crippen LogP contribution < -0.4 is 5.73 Å². The van der Waals surface area contributed by atoms with E-state index in [0.29, 0.717) is 0 Å². The lowest BCUT2D eigenvalue weighted by molar-refractivity contribution is 0.566. The molecule has 2 rings (SSSR count). The van der Waals surface area contributed by atoms with Crippen LogP contribution in [0.5, 0.6) is 0 Å². The molecule has 4 heteroatoms. The molecule has 0 amide bonds. The van der Waals surface area contributed by atoms with Crippen molar-refractivity contribution in [1.29, 1.82) is 0 Å². The van der Waals surface area contributed by atoms with Crippen LogP contribution in [-0.2, 0) is 5.54 Å². The second kappa shape index (κ2) is 3.46. The molecule has 0 atom stereocenters. The highest BCUT2D eigenvalue weighted by atomic mass is 32.1. The number of hydrogen-bond acceptors (Lipinski definition) is 4. The lowest BCUT2D eigenvalue weighted by Gasteiger charge is -2.14. The van der Waals surface area contributed by atoms with Crippen LogP contribution in [0.2, 0.25) is 0 Å². The minimum absolute atomic E-state index is 0.285. The van der Waals surface area contributed by atoms with Crippen molar-refractivity contribution in [3.05, 3.63) is 28.6 Å². The van der Waals surface area contributed by atoms with Gasteiger partial charge in [-0.05, 0) is 25.3 Å². The van der Waals surface area contributed by atoms with E-state index in [1.807, 2.05) is 26.1 Å². The van der Waals surface area contributed by atoms with Crippen LogP contribution in [-0.4, -0.2) is 4.98 Å². The van der Waals surface area contributed by atoms with Crippen LogP contribution in [0.1, 0.15) is 18.7 Å². The number of rotatable bonds is 2. The maximum Gasteiger partial charge on any atom is 0.133 e. The van der Waals surface area contributed by atoms with Gasteiger partial charge in [-0.3, -0.25) is 0 Å². The third-order valence-corrected chi connectivity index (χ3v) is 4.25. The Morgan fingerprint density at radius 1 is 1.43 bits per heavy atom. The summed E-state index contributed by atoms with van der Waals surface area (Å²) in [5, 5.41) is 3.12. The summed E-state index contributed by atoms with van der Waals surface area (Å²) < 4.78 is 0. The normalized spacial score (nSPS) is 11.9. The molecule has 0 aliphatic rings. The van der Waals surface area contributed by atoms with Crippen LogP contribution >= 0.6 is 22.7 Å². The Balaban J connectivity index is 2.36. The smallest absolute Gasteiger partial charge is 0.133 e. The van der Waals surface area contributed by atoms with Gasteiger partial charge in [0.15, 0.2) is 0 Å². The summed E-state index contributed by atoms with van der Waals surface area (Å²) in [7, 11) is 0. The van der Waals surface area contributed by atoms with Crippen molar-refractivity contribution < 1.29 is 0 Å². The monoisotopic (exact) mass is 224 g/mol. The molecular weight excluding hydrogens is 212 g/mol. The molecular formula is C10H12N2S2. The van der Waals surface area contributed by atoms with E-state index in [-0.39, 0.29) is 5.54 Å². The average molecular weight is 224 g/mol. The highest BCUT2D eigenvalue weighted by Crippen LogP contribution is 2.32. The predicted octanol–water partition coefficient (Wildman–Crippen LogP) is 3.07. The fourth-order valence-electron chi connectivity index (χ4n) is 1.09. The minimum atomic E-state index is -0.285. The first-order valence-electron chi connectivity index (χ1n) is 4.36. The van der Waals surface area contributed by atoms with E-state index in [0.717, 1.165) is 9.88 Å². The first-order valence-corrected chi connectivity index (χ1v) is 6.06. The molecule has 0 saturated carbocycles. The number of hydrogen-bond donors (Lipinski definition) is 1. The maximum absolute atomic E-state index is 6.00. The molecule has 2 N–H and O–H groups in total. The Morgan fingerprint density at radius 2 is 2.21 bits per heavy atom.